The van der Waals surface area contributed by atoms with E-state index in [0.717, 1.165) is 0 Å². The van der Waals surface area contributed by atoms with Gasteiger partial charge >= 0.3 is 11.9 Å². The van der Waals surface area contributed by atoms with Crippen LogP contribution >= 0.6 is 0 Å². The van der Waals surface area contributed by atoms with Crippen LogP contribution < -0.4 is 5.73 Å². The number of hydrogen-bond donors (Lipinski definition) is 13. The van der Waals surface area contributed by atoms with Crippen LogP contribution in [0.3, 0.4) is 0 Å². The molecule has 0 bridgehead atoms. The van der Waals surface area contributed by atoms with Crippen molar-refractivity contribution in [2.24, 2.45) is 17.6 Å². The van der Waals surface area contributed by atoms with E-state index in [0.29, 0.717) is 0 Å². The van der Waals surface area contributed by atoms with E-state index in [-0.39, 0.29) is 31.6 Å². The first-order chi connectivity index (χ1) is 29.1. The molecule has 0 aromatic rings. The van der Waals surface area contributed by atoms with E-state index in [9.17, 15) is 65.8 Å². The molecule has 0 aromatic carbocycles. The van der Waals surface area contributed by atoms with Gasteiger partial charge in [0.05, 0.1) is 79.6 Å². The SMILES string of the molecule is C[C@H](O)[C@@H](C)/C=C/C=C/C=C/C=C/C=C/C=C/C=C/C(C[C@@H]1OC(O)(CC(O)CC(O)C(O)CCC(O)CC(O)CC(=O)O)C[C@H](O)[C@H]1C(=O)O)O[C@@H]1O[C@H](C)[C@@H](O)[C@H](N)[C@@H]1O. The number of aliphatic carboxylic acids is 2. The van der Waals surface area contributed by atoms with Crippen LogP contribution in [0.25, 0.3) is 0 Å². The van der Waals surface area contributed by atoms with Gasteiger partial charge in [-0.15, -0.1) is 0 Å². The Balaban J connectivity index is 2.16. The van der Waals surface area contributed by atoms with Crippen LogP contribution in [0.4, 0.5) is 0 Å². The highest BCUT2D eigenvalue weighted by Crippen LogP contribution is 2.38. The molecule has 2 aliphatic heterocycles. The van der Waals surface area contributed by atoms with Crippen LogP contribution in [0.2, 0.25) is 0 Å². The number of carboxylic acids is 2. The molecule has 2 rings (SSSR count). The lowest BCUT2D eigenvalue weighted by Crippen LogP contribution is -2.61. The van der Waals surface area contributed by atoms with Crippen LogP contribution in [0.1, 0.15) is 72.1 Å². The topological polar surface area (TPSA) is 331 Å². The second-order valence-electron chi connectivity index (χ2n) is 16.2. The Morgan fingerprint density at radius 3 is 1.84 bits per heavy atom. The number of aliphatic hydroxyl groups is 10. The van der Waals surface area contributed by atoms with E-state index in [1.165, 1.54) is 13.0 Å². The minimum absolute atomic E-state index is 0.0476. The number of hydrogen-bond acceptors (Lipinski definition) is 16. The van der Waals surface area contributed by atoms with Crippen molar-refractivity contribution in [1.82, 2.24) is 0 Å². The van der Waals surface area contributed by atoms with Gasteiger partial charge in [0, 0.05) is 25.7 Å². The minimum atomic E-state index is -2.33. The summed E-state index contributed by atoms with van der Waals surface area (Å²) in [5.74, 6) is -6.59. The quantitative estimate of drug-likeness (QED) is 0.0517. The largest absolute Gasteiger partial charge is 0.481 e. The molecule has 18 nitrogen and oxygen atoms in total. The van der Waals surface area contributed by atoms with Gasteiger partial charge in [0.2, 0.25) is 0 Å². The fraction of sp³-hybridized carbons (Fsp3) is 0.636. The molecule has 0 saturated carbocycles. The summed E-state index contributed by atoms with van der Waals surface area (Å²) in [6.45, 7) is 5.17. The average Bonchev–Trinajstić information content (AvgIpc) is 3.16. The number of nitrogens with two attached hydrogens (primary N) is 1. The second-order valence-corrected chi connectivity index (χ2v) is 16.2. The third kappa shape index (κ3) is 19.9. The Kier molecular flexibility index (Phi) is 24.4. The molecule has 7 unspecified atom stereocenters. The predicted molar refractivity (Wildman–Crippen MR) is 226 cm³/mol. The number of ether oxygens (including phenoxy) is 3. The summed E-state index contributed by atoms with van der Waals surface area (Å²) in [4.78, 5) is 23.2. The van der Waals surface area contributed by atoms with Gasteiger partial charge in [-0.25, -0.2) is 0 Å². The summed E-state index contributed by atoms with van der Waals surface area (Å²) in [7, 11) is 0. The Labute approximate surface area is 362 Å². The van der Waals surface area contributed by atoms with Crippen molar-refractivity contribution >= 4 is 11.9 Å². The second kappa shape index (κ2) is 27.7. The van der Waals surface area contributed by atoms with Crippen molar-refractivity contribution in [3.63, 3.8) is 0 Å². The minimum Gasteiger partial charge on any atom is -0.481 e. The summed E-state index contributed by atoms with van der Waals surface area (Å²) >= 11 is 0. The molecule has 0 aromatic heterocycles. The third-order valence-corrected chi connectivity index (χ3v) is 10.7. The lowest BCUT2D eigenvalue weighted by atomic mass is 9.82. The zero-order chi connectivity index (χ0) is 46.6. The third-order valence-electron chi connectivity index (χ3n) is 10.7. The Morgan fingerprint density at radius 2 is 1.31 bits per heavy atom. The van der Waals surface area contributed by atoms with Crippen LogP contribution in [0.5, 0.6) is 0 Å². The Bertz CT molecular complexity index is 1550. The molecule has 2 heterocycles. The fourth-order valence-electron chi connectivity index (χ4n) is 6.91. The highest BCUT2D eigenvalue weighted by atomic mass is 16.7. The molecule has 62 heavy (non-hydrogen) atoms. The Morgan fingerprint density at radius 1 is 0.758 bits per heavy atom. The molecule has 18 heteroatoms. The lowest BCUT2D eigenvalue weighted by Gasteiger charge is -2.45. The van der Waals surface area contributed by atoms with Crippen LogP contribution in [-0.4, -0.2) is 165 Å². The van der Waals surface area contributed by atoms with E-state index in [1.807, 2.05) is 49.5 Å². The maximum absolute atomic E-state index is 12.4. The van der Waals surface area contributed by atoms with E-state index in [2.05, 4.69) is 0 Å². The molecule has 14 N–H and O–H groups in total. The molecule has 2 aliphatic rings. The monoisotopic (exact) mass is 883 g/mol. The summed E-state index contributed by atoms with van der Waals surface area (Å²) < 4.78 is 17.6. The number of carbonyl (C=O) groups is 2. The summed E-state index contributed by atoms with van der Waals surface area (Å²) in [5.41, 5.74) is 6.00. The molecule has 0 amide bonds. The molecule has 2 fully saturated rings. The standard InChI is InChI=1S/C44H69NO17/c1-26(27(2)46)16-14-12-10-8-6-4-5-7-9-11-13-15-17-32(61-43-41(56)39(45)40(55)28(3)60-43)23-36-38(42(57)58)35(52)25-44(59,62-36)24-31(49)21-34(51)33(50)19-18-29(47)20-30(48)22-37(53)54/h4-17,26-36,38-41,43,46-52,55-56,59H,18-25,45H2,1-3H3,(H,53,54)(H,57,58)/b5-4+,8-6+,9-7+,12-10+,13-11+,16-14+,17-15+/t26-,27-,28+,29?,30?,31?,32?,33?,34?,35-,36-,38+,39-,40+,41-,43-,44?/m0/s1. The molecular weight excluding hydrogens is 814 g/mol. The fourth-order valence-corrected chi connectivity index (χ4v) is 6.91. The normalized spacial score (nSPS) is 31.7. The van der Waals surface area contributed by atoms with Gasteiger partial charge in [-0.2, -0.15) is 0 Å². The van der Waals surface area contributed by atoms with Gasteiger partial charge in [0.25, 0.3) is 0 Å². The summed E-state index contributed by atoms with van der Waals surface area (Å²) in [5, 5.41) is 124. The Hall–Kier alpha value is -3.44. The number of rotatable bonds is 26. The van der Waals surface area contributed by atoms with E-state index >= 15 is 0 Å². The maximum atomic E-state index is 12.4. The smallest absolute Gasteiger partial charge is 0.311 e. The molecule has 0 spiro atoms. The predicted octanol–water partition coefficient (Wildman–Crippen LogP) is 0.235. The van der Waals surface area contributed by atoms with Crippen molar-refractivity contribution < 1.29 is 85.1 Å². The zero-order valence-corrected chi connectivity index (χ0v) is 35.5. The lowest BCUT2D eigenvalue weighted by molar-refractivity contribution is -0.308. The molecule has 17 atom stereocenters. The first-order valence-electron chi connectivity index (χ1n) is 20.9. The molecule has 352 valence electrons. The number of carboxylic acid groups (broad SMARTS) is 2. The van der Waals surface area contributed by atoms with Gasteiger partial charge in [-0.1, -0.05) is 92.0 Å². The van der Waals surface area contributed by atoms with Gasteiger partial charge in [-0.3, -0.25) is 9.59 Å². The highest BCUT2D eigenvalue weighted by Gasteiger charge is 2.51. The van der Waals surface area contributed by atoms with E-state index in [4.69, 9.17) is 25.1 Å². The first kappa shape index (κ1) is 54.7. The van der Waals surface area contributed by atoms with Crippen LogP contribution in [0.15, 0.2) is 85.1 Å². The van der Waals surface area contributed by atoms with Crippen LogP contribution in [0, 0.1) is 11.8 Å². The molecule has 0 radical (unpaired) electrons. The van der Waals surface area contributed by atoms with Crippen molar-refractivity contribution in [2.45, 2.75) is 164 Å². The number of aliphatic hydroxyl groups excluding tert-OH is 9. The molecular formula is C44H69NO17. The van der Waals surface area contributed by atoms with Gasteiger partial charge in [0.1, 0.15) is 12.0 Å². The van der Waals surface area contributed by atoms with Crippen LogP contribution in [-0.2, 0) is 23.8 Å². The average molecular weight is 884 g/mol. The molecule has 0 aliphatic carbocycles. The number of allylic oxidation sites excluding steroid dienone is 12. The van der Waals surface area contributed by atoms with Crippen molar-refractivity contribution in [3.05, 3.63) is 85.1 Å². The van der Waals surface area contributed by atoms with E-state index in [1.54, 1.807) is 43.4 Å². The van der Waals surface area contributed by atoms with Crippen molar-refractivity contribution in [1.29, 1.82) is 0 Å². The van der Waals surface area contributed by atoms with Crippen molar-refractivity contribution in [2.75, 3.05) is 0 Å². The summed E-state index contributed by atoms with van der Waals surface area (Å²) in [6.07, 6.45) is 4.65. The maximum Gasteiger partial charge on any atom is 0.311 e. The zero-order valence-electron chi connectivity index (χ0n) is 35.5. The van der Waals surface area contributed by atoms with Gasteiger partial charge in [0.15, 0.2) is 12.1 Å². The first-order valence-corrected chi connectivity index (χ1v) is 20.9. The van der Waals surface area contributed by atoms with Crippen molar-refractivity contribution in [3.8, 4) is 0 Å². The highest BCUT2D eigenvalue weighted by molar-refractivity contribution is 5.71. The van der Waals surface area contributed by atoms with Gasteiger partial charge < -0.3 is 81.2 Å². The molecule has 2 saturated heterocycles. The summed E-state index contributed by atoms with van der Waals surface area (Å²) in [6, 6.07) is -1.15. The van der Waals surface area contributed by atoms with E-state index < -0.39 is 135 Å². The van der Waals surface area contributed by atoms with Gasteiger partial charge in [-0.05, 0) is 39.0 Å².